The monoisotopic (exact) mass is 193 g/mol. The lowest BCUT2D eigenvalue weighted by Gasteiger charge is -2.22. The molecule has 14 heavy (non-hydrogen) atoms. The quantitative estimate of drug-likeness (QED) is 0.771. The maximum absolute atomic E-state index is 9.79. The molecule has 2 nitrogen and oxygen atoms in total. The number of hydrogen-bond donors (Lipinski definition) is 2. The highest BCUT2D eigenvalue weighted by molar-refractivity contribution is 5.24. The van der Waals surface area contributed by atoms with Gasteiger partial charge in [-0.05, 0) is 18.4 Å². The lowest BCUT2D eigenvalue weighted by Crippen LogP contribution is -2.30. The van der Waals surface area contributed by atoms with Gasteiger partial charge in [-0.3, -0.25) is 0 Å². The Labute approximate surface area is 85.8 Å². The number of aliphatic hydroxyl groups is 1. The highest BCUT2D eigenvalue weighted by Crippen LogP contribution is 2.19. The summed E-state index contributed by atoms with van der Waals surface area (Å²) in [6.07, 6.45) is -0.474. The van der Waals surface area contributed by atoms with E-state index in [0.29, 0.717) is 0 Å². The van der Waals surface area contributed by atoms with Crippen LogP contribution in [-0.4, -0.2) is 11.2 Å². The van der Waals surface area contributed by atoms with Crippen LogP contribution in [0.25, 0.3) is 0 Å². The molecule has 0 spiro atoms. The molecule has 3 N–H and O–H groups in total. The Hall–Kier alpha value is -0.860. The maximum atomic E-state index is 9.79. The molecule has 0 radical (unpaired) electrons. The first kappa shape index (κ1) is 11.2. The van der Waals surface area contributed by atoms with Gasteiger partial charge < -0.3 is 10.8 Å². The average Bonchev–Trinajstić information content (AvgIpc) is 2.16. The summed E-state index contributed by atoms with van der Waals surface area (Å²) >= 11 is 0. The van der Waals surface area contributed by atoms with Gasteiger partial charge in [0.15, 0.2) is 0 Å². The van der Waals surface area contributed by atoms with Crippen molar-refractivity contribution in [2.45, 2.75) is 32.9 Å². The van der Waals surface area contributed by atoms with Crippen LogP contribution in [0, 0.1) is 12.8 Å². The van der Waals surface area contributed by atoms with Gasteiger partial charge in [0.1, 0.15) is 0 Å². The van der Waals surface area contributed by atoms with Crippen LogP contribution in [0.2, 0.25) is 0 Å². The van der Waals surface area contributed by atoms with Gasteiger partial charge in [-0.2, -0.15) is 0 Å². The molecule has 0 aliphatic rings. The van der Waals surface area contributed by atoms with E-state index in [9.17, 15) is 5.11 Å². The summed E-state index contributed by atoms with van der Waals surface area (Å²) in [7, 11) is 0. The summed E-state index contributed by atoms with van der Waals surface area (Å²) < 4.78 is 0. The van der Waals surface area contributed by atoms with Gasteiger partial charge >= 0.3 is 0 Å². The molecule has 0 saturated heterocycles. The van der Waals surface area contributed by atoms with E-state index in [0.717, 1.165) is 5.56 Å². The molecule has 0 aliphatic heterocycles. The van der Waals surface area contributed by atoms with E-state index in [-0.39, 0.29) is 12.0 Å². The second-order valence-corrected chi connectivity index (χ2v) is 4.17. The Morgan fingerprint density at radius 1 is 1.14 bits per heavy atom. The highest BCUT2D eigenvalue weighted by Gasteiger charge is 2.19. The minimum atomic E-state index is -0.474. The number of benzene rings is 1. The van der Waals surface area contributed by atoms with Crippen molar-refractivity contribution >= 4 is 0 Å². The Morgan fingerprint density at radius 3 is 2.07 bits per heavy atom. The fourth-order valence-electron chi connectivity index (χ4n) is 1.40. The molecule has 0 fully saturated rings. The van der Waals surface area contributed by atoms with Gasteiger partial charge in [0.2, 0.25) is 0 Å². The Kier molecular flexibility index (Phi) is 3.67. The lowest BCUT2D eigenvalue weighted by molar-refractivity contribution is 0.0979. The van der Waals surface area contributed by atoms with Crippen molar-refractivity contribution in [2.75, 3.05) is 0 Å². The standard InChI is InChI=1S/C12H19NO/c1-8(2)12(14)11(13)10-6-4-9(3)5-7-10/h4-8,11-12,14H,13H2,1-3H3/t11-,12+/m1/s1. The zero-order chi connectivity index (χ0) is 10.7. The van der Waals surface area contributed by atoms with E-state index in [1.54, 1.807) is 0 Å². The zero-order valence-corrected chi connectivity index (χ0v) is 9.07. The van der Waals surface area contributed by atoms with E-state index in [2.05, 4.69) is 0 Å². The van der Waals surface area contributed by atoms with Crippen LogP contribution >= 0.6 is 0 Å². The lowest BCUT2D eigenvalue weighted by atomic mass is 9.94. The summed E-state index contributed by atoms with van der Waals surface area (Å²) in [5.74, 6) is 0.186. The zero-order valence-electron chi connectivity index (χ0n) is 9.07. The van der Waals surface area contributed by atoms with Gasteiger partial charge in [-0.15, -0.1) is 0 Å². The maximum Gasteiger partial charge on any atom is 0.0755 e. The third-order valence-electron chi connectivity index (χ3n) is 2.51. The summed E-state index contributed by atoms with van der Waals surface area (Å²) in [5.41, 5.74) is 8.14. The van der Waals surface area contributed by atoms with E-state index >= 15 is 0 Å². The van der Waals surface area contributed by atoms with Crippen LogP contribution in [-0.2, 0) is 0 Å². The number of nitrogens with two attached hydrogens (primary N) is 1. The Balaban J connectivity index is 2.78. The second-order valence-electron chi connectivity index (χ2n) is 4.17. The van der Waals surface area contributed by atoms with Crippen molar-refractivity contribution in [3.8, 4) is 0 Å². The number of rotatable bonds is 3. The number of aryl methyl sites for hydroxylation is 1. The van der Waals surface area contributed by atoms with Crippen molar-refractivity contribution in [1.82, 2.24) is 0 Å². The molecule has 0 unspecified atom stereocenters. The van der Waals surface area contributed by atoms with Crippen LogP contribution < -0.4 is 5.73 Å². The van der Waals surface area contributed by atoms with Gasteiger partial charge in [0.05, 0.1) is 12.1 Å². The first-order chi connectivity index (χ1) is 6.52. The fraction of sp³-hybridized carbons (Fsp3) is 0.500. The molecular weight excluding hydrogens is 174 g/mol. The third kappa shape index (κ3) is 2.56. The highest BCUT2D eigenvalue weighted by atomic mass is 16.3. The molecule has 0 bridgehead atoms. The van der Waals surface area contributed by atoms with Crippen LogP contribution in [0.3, 0.4) is 0 Å². The largest absolute Gasteiger partial charge is 0.391 e. The topological polar surface area (TPSA) is 46.2 Å². The van der Waals surface area contributed by atoms with Crippen molar-refractivity contribution in [1.29, 1.82) is 0 Å². The summed E-state index contributed by atoms with van der Waals surface area (Å²) in [4.78, 5) is 0. The van der Waals surface area contributed by atoms with Crippen LogP contribution in [0.15, 0.2) is 24.3 Å². The van der Waals surface area contributed by atoms with Crippen molar-refractivity contribution in [3.05, 3.63) is 35.4 Å². The minimum absolute atomic E-state index is 0.186. The van der Waals surface area contributed by atoms with Gasteiger partial charge in [-0.25, -0.2) is 0 Å². The first-order valence-electron chi connectivity index (χ1n) is 5.02. The smallest absolute Gasteiger partial charge is 0.0755 e. The summed E-state index contributed by atoms with van der Waals surface area (Å²) in [5, 5.41) is 9.79. The van der Waals surface area contributed by atoms with Gasteiger partial charge in [0.25, 0.3) is 0 Å². The molecule has 1 aromatic rings. The second kappa shape index (κ2) is 4.58. The number of hydrogen-bond acceptors (Lipinski definition) is 2. The minimum Gasteiger partial charge on any atom is -0.391 e. The molecule has 1 aromatic carbocycles. The SMILES string of the molecule is Cc1ccc([C@@H](N)[C@@H](O)C(C)C)cc1. The summed E-state index contributed by atoms with van der Waals surface area (Å²) in [6, 6.07) is 7.71. The molecule has 0 amide bonds. The third-order valence-corrected chi connectivity index (χ3v) is 2.51. The van der Waals surface area contributed by atoms with Crippen LogP contribution in [0.4, 0.5) is 0 Å². The van der Waals surface area contributed by atoms with E-state index in [1.807, 2.05) is 45.0 Å². The predicted octanol–water partition coefficient (Wildman–Crippen LogP) is 2.01. The van der Waals surface area contributed by atoms with Crippen molar-refractivity contribution < 1.29 is 5.11 Å². The Bertz CT molecular complexity index is 279. The molecule has 0 aliphatic carbocycles. The predicted molar refractivity (Wildman–Crippen MR) is 59.0 cm³/mol. The molecular formula is C12H19NO. The van der Waals surface area contributed by atoms with Gasteiger partial charge in [0, 0.05) is 0 Å². The normalized spacial score (nSPS) is 15.6. The Morgan fingerprint density at radius 2 is 1.64 bits per heavy atom. The molecule has 78 valence electrons. The molecule has 2 atom stereocenters. The number of aliphatic hydroxyl groups excluding tert-OH is 1. The summed E-state index contributed by atoms with van der Waals surface area (Å²) in [6.45, 7) is 5.98. The van der Waals surface area contributed by atoms with E-state index < -0.39 is 6.10 Å². The molecule has 2 heteroatoms. The average molecular weight is 193 g/mol. The molecule has 0 aromatic heterocycles. The van der Waals surface area contributed by atoms with Crippen LogP contribution in [0.1, 0.15) is 31.0 Å². The van der Waals surface area contributed by atoms with Crippen molar-refractivity contribution in [3.63, 3.8) is 0 Å². The fourth-order valence-corrected chi connectivity index (χ4v) is 1.40. The molecule has 0 saturated carbocycles. The van der Waals surface area contributed by atoms with Crippen LogP contribution in [0.5, 0.6) is 0 Å². The molecule has 0 heterocycles. The van der Waals surface area contributed by atoms with Gasteiger partial charge in [-0.1, -0.05) is 43.7 Å². The van der Waals surface area contributed by atoms with E-state index in [4.69, 9.17) is 5.73 Å². The first-order valence-corrected chi connectivity index (χ1v) is 5.02. The van der Waals surface area contributed by atoms with E-state index in [1.165, 1.54) is 5.56 Å². The van der Waals surface area contributed by atoms with Crippen molar-refractivity contribution in [2.24, 2.45) is 11.7 Å². The molecule has 1 rings (SSSR count).